The normalized spacial score (nSPS) is 26.3. The predicted octanol–water partition coefficient (Wildman–Crippen LogP) is 2.27. The first-order valence-corrected chi connectivity index (χ1v) is 7.26. The highest BCUT2D eigenvalue weighted by molar-refractivity contribution is 5.95. The third-order valence-corrected chi connectivity index (χ3v) is 4.43. The standard InChI is InChI=1S/C16H22N2O/c1-11-3-4-12(2)15(9-11)16(19)18-8-7-13-5-6-14(10-18)17-13/h3-4,9,13-14,17H,5-8,10H2,1-2H3. The number of fused-ring (bicyclic) bond motifs is 2. The van der Waals surface area contributed by atoms with Crippen molar-refractivity contribution in [2.45, 2.75) is 45.2 Å². The minimum absolute atomic E-state index is 0.204. The maximum atomic E-state index is 12.7. The summed E-state index contributed by atoms with van der Waals surface area (Å²) in [5.74, 6) is 0.204. The molecule has 102 valence electrons. The smallest absolute Gasteiger partial charge is 0.254 e. The van der Waals surface area contributed by atoms with Crippen molar-refractivity contribution < 1.29 is 4.79 Å². The Morgan fingerprint density at radius 3 is 2.84 bits per heavy atom. The van der Waals surface area contributed by atoms with Crippen LogP contribution in [0, 0.1) is 13.8 Å². The summed E-state index contributed by atoms with van der Waals surface area (Å²) in [5, 5.41) is 3.62. The molecule has 0 aromatic heterocycles. The first kappa shape index (κ1) is 12.7. The second kappa shape index (κ2) is 4.97. The van der Waals surface area contributed by atoms with Crippen LogP contribution in [0.4, 0.5) is 0 Å². The molecule has 2 aliphatic heterocycles. The summed E-state index contributed by atoms with van der Waals surface area (Å²) >= 11 is 0. The molecule has 0 radical (unpaired) electrons. The molecule has 2 fully saturated rings. The molecule has 3 nitrogen and oxygen atoms in total. The lowest BCUT2D eigenvalue weighted by molar-refractivity contribution is 0.0747. The Balaban J connectivity index is 1.81. The number of rotatable bonds is 1. The van der Waals surface area contributed by atoms with Crippen molar-refractivity contribution in [3.8, 4) is 0 Å². The molecule has 19 heavy (non-hydrogen) atoms. The Kier molecular flexibility index (Phi) is 3.31. The van der Waals surface area contributed by atoms with E-state index >= 15 is 0 Å². The Morgan fingerprint density at radius 2 is 2.00 bits per heavy atom. The van der Waals surface area contributed by atoms with Crippen LogP contribution in [0.1, 0.15) is 40.7 Å². The third-order valence-electron chi connectivity index (χ3n) is 4.43. The molecule has 0 saturated carbocycles. The highest BCUT2D eigenvalue weighted by Crippen LogP contribution is 2.22. The fraction of sp³-hybridized carbons (Fsp3) is 0.562. The van der Waals surface area contributed by atoms with Crippen molar-refractivity contribution in [3.05, 3.63) is 34.9 Å². The van der Waals surface area contributed by atoms with E-state index in [-0.39, 0.29) is 5.91 Å². The van der Waals surface area contributed by atoms with Crippen molar-refractivity contribution in [2.24, 2.45) is 0 Å². The van der Waals surface area contributed by atoms with Gasteiger partial charge in [0.25, 0.3) is 5.91 Å². The summed E-state index contributed by atoms with van der Waals surface area (Å²) < 4.78 is 0. The van der Waals surface area contributed by atoms with Crippen molar-refractivity contribution in [2.75, 3.05) is 13.1 Å². The predicted molar refractivity (Wildman–Crippen MR) is 76.4 cm³/mol. The monoisotopic (exact) mass is 258 g/mol. The summed E-state index contributed by atoms with van der Waals surface area (Å²) in [6, 6.07) is 7.26. The second-order valence-corrected chi connectivity index (χ2v) is 6.00. The van der Waals surface area contributed by atoms with Crippen LogP contribution in [0.3, 0.4) is 0 Å². The van der Waals surface area contributed by atoms with Gasteiger partial charge in [-0.2, -0.15) is 0 Å². The van der Waals surface area contributed by atoms with Gasteiger partial charge in [0, 0.05) is 30.7 Å². The van der Waals surface area contributed by atoms with E-state index < -0.39 is 0 Å². The molecule has 2 bridgehead atoms. The van der Waals surface area contributed by atoms with Gasteiger partial charge in [0.2, 0.25) is 0 Å². The SMILES string of the molecule is Cc1ccc(C)c(C(=O)N2CCC3CCC(C2)N3)c1. The summed E-state index contributed by atoms with van der Waals surface area (Å²) in [6.07, 6.45) is 3.57. The molecule has 1 aromatic rings. The fourth-order valence-electron chi connectivity index (χ4n) is 3.26. The molecular weight excluding hydrogens is 236 g/mol. The molecule has 1 amide bonds. The minimum atomic E-state index is 0.204. The number of amides is 1. The molecule has 3 rings (SSSR count). The van der Waals surface area contributed by atoms with Crippen molar-refractivity contribution >= 4 is 5.91 Å². The number of nitrogens with zero attached hydrogens (tertiary/aromatic N) is 1. The fourth-order valence-corrected chi connectivity index (χ4v) is 3.26. The van der Waals surface area contributed by atoms with E-state index in [1.54, 1.807) is 0 Å². The van der Waals surface area contributed by atoms with Crippen molar-refractivity contribution in [3.63, 3.8) is 0 Å². The van der Waals surface area contributed by atoms with Gasteiger partial charge in [0.1, 0.15) is 0 Å². The molecule has 2 atom stereocenters. The highest BCUT2D eigenvalue weighted by atomic mass is 16.2. The Hall–Kier alpha value is -1.35. The number of hydrogen-bond acceptors (Lipinski definition) is 2. The van der Waals surface area contributed by atoms with Gasteiger partial charge in [0.05, 0.1) is 0 Å². The van der Waals surface area contributed by atoms with E-state index in [1.807, 2.05) is 30.9 Å². The quantitative estimate of drug-likeness (QED) is 0.838. The van der Waals surface area contributed by atoms with Crippen LogP contribution < -0.4 is 5.32 Å². The third kappa shape index (κ3) is 2.52. The minimum Gasteiger partial charge on any atom is -0.337 e. The van der Waals surface area contributed by atoms with E-state index in [2.05, 4.69) is 11.4 Å². The zero-order valence-electron chi connectivity index (χ0n) is 11.8. The highest BCUT2D eigenvalue weighted by Gasteiger charge is 2.31. The van der Waals surface area contributed by atoms with Crippen LogP contribution in [0.2, 0.25) is 0 Å². The number of hydrogen-bond donors (Lipinski definition) is 1. The van der Waals surface area contributed by atoms with E-state index in [0.717, 1.165) is 36.2 Å². The molecule has 1 N–H and O–H groups in total. The second-order valence-electron chi connectivity index (χ2n) is 6.00. The Labute approximate surface area is 115 Å². The number of benzene rings is 1. The Bertz CT molecular complexity index is 498. The Morgan fingerprint density at radius 1 is 1.21 bits per heavy atom. The van der Waals surface area contributed by atoms with Crippen LogP contribution in [0.5, 0.6) is 0 Å². The van der Waals surface area contributed by atoms with Gasteiger partial charge < -0.3 is 10.2 Å². The summed E-state index contributed by atoms with van der Waals surface area (Å²) in [4.78, 5) is 14.7. The van der Waals surface area contributed by atoms with E-state index in [1.165, 1.54) is 12.8 Å². The molecule has 2 heterocycles. The summed E-state index contributed by atoms with van der Waals surface area (Å²) in [6.45, 7) is 5.82. The molecule has 0 spiro atoms. The molecule has 2 saturated heterocycles. The van der Waals surface area contributed by atoms with Crippen LogP contribution >= 0.6 is 0 Å². The molecule has 2 aliphatic rings. The molecule has 3 heteroatoms. The van der Waals surface area contributed by atoms with Gasteiger partial charge >= 0.3 is 0 Å². The zero-order chi connectivity index (χ0) is 13.4. The van der Waals surface area contributed by atoms with E-state index in [0.29, 0.717) is 12.1 Å². The van der Waals surface area contributed by atoms with Crippen molar-refractivity contribution in [1.82, 2.24) is 10.2 Å². The van der Waals surface area contributed by atoms with Gasteiger partial charge in [-0.05, 0) is 44.7 Å². The first-order valence-electron chi connectivity index (χ1n) is 7.26. The maximum Gasteiger partial charge on any atom is 0.254 e. The van der Waals surface area contributed by atoms with Crippen LogP contribution in [-0.2, 0) is 0 Å². The average Bonchev–Trinajstić information content (AvgIpc) is 2.71. The molecule has 2 unspecified atom stereocenters. The molecular formula is C16H22N2O. The first-order chi connectivity index (χ1) is 9.13. The summed E-state index contributed by atoms with van der Waals surface area (Å²) in [7, 11) is 0. The molecule has 0 aliphatic carbocycles. The number of nitrogens with one attached hydrogen (secondary N) is 1. The lowest BCUT2D eigenvalue weighted by Gasteiger charge is -2.25. The lowest BCUT2D eigenvalue weighted by Crippen LogP contribution is -2.39. The van der Waals surface area contributed by atoms with Crippen LogP contribution in [0.15, 0.2) is 18.2 Å². The van der Waals surface area contributed by atoms with Gasteiger partial charge in [0.15, 0.2) is 0 Å². The largest absolute Gasteiger partial charge is 0.337 e. The van der Waals surface area contributed by atoms with Crippen LogP contribution in [0.25, 0.3) is 0 Å². The number of aryl methyl sites for hydroxylation is 2. The average molecular weight is 258 g/mol. The lowest BCUT2D eigenvalue weighted by atomic mass is 10.0. The van der Waals surface area contributed by atoms with E-state index in [4.69, 9.17) is 0 Å². The van der Waals surface area contributed by atoms with Crippen molar-refractivity contribution in [1.29, 1.82) is 0 Å². The topological polar surface area (TPSA) is 32.3 Å². The van der Waals surface area contributed by atoms with Gasteiger partial charge in [-0.25, -0.2) is 0 Å². The van der Waals surface area contributed by atoms with Gasteiger partial charge in [-0.3, -0.25) is 4.79 Å². The van der Waals surface area contributed by atoms with E-state index in [9.17, 15) is 4.79 Å². The maximum absolute atomic E-state index is 12.7. The van der Waals surface area contributed by atoms with Crippen LogP contribution in [-0.4, -0.2) is 36.0 Å². The molecule has 1 aromatic carbocycles. The summed E-state index contributed by atoms with van der Waals surface area (Å²) in [5.41, 5.74) is 3.11. The zero-order valence-corrected chi connectivity index (χ0v) is 11.8. The number of carbonyl (C=O) groups is 1. The number of carbonyl (C=O) groups excluding carboxylic acids is 1. The van der Waals surface area contributed by atoms with Gasteiger partial charge in [-0.1, -0.05) is 17.7 Å². The number of likely N-dealkylation sites (tertiary alicyclic amines) is 1. The van der Waals surface area contributed by atoms with Gasteiger partial charge in [-0.15, -0.1) is 0 Å².